The second-order valence-corrected chi connectivity index (χ2v) is 5.28. The van der Waals surface area contributed by atoms with Gasteiger partial charge in [-0.25, -0.2) is 4.98 Å². The molecule has 17 heavy (non-hydrogen) atoms. The summed E-state index contributed by atoms with van der Waals surface area (Å²) in [6.45, 7) is 2.84. The smallest absolute Gasteiger partial charge is 0.178 e. The summed E-state index contributed by atoms with van der Waals surface area (Å²) in [6, 6.07) is 6.19. The van der Waals surface area contributed by atoms with Gasteiger partial charge in [0.15, 0.2) is 4.77 Å². The van der Waals surface area contributed by atoms with Gasteiger partial charge >= 0.3 is 0 Å². The highest BCUT2D eigenvalue weighted by atomic mass is 32.1. The van der Waals surface area contributed by atoms with E-state index in [0.717, 1.165) is 21.8 Å². The number of nitrogens with one attached hydrogen (secondary N) is 1. The van der Waals surface area contributed by atoms with E-state index in [0.29, 0.717) is 0 Å². The number of hydrogen-bond donors (Lipinski definition) is 1. The Hall–Kier alpha value is -1.46. The van der Waals surface area contributed by atoms with Crippen LogP contribution in [0.15, 0.2) is 29.8 Å². The fourth-order valence-corrected chi connectivity index (χ4v) is 2.89. The zero-order chi connectivity index (χ0) is 11.8. The summed E-state index contributed by atoms with van der Waals surface area (Å²) in [6.07, 6.45) is 1.82. The van der Waals surface area contributed by atoms with Crippen molar-refractivity contribution in [2.75, 3.05) is 0 Å². The Labute approximate surface area is 108 Å². The van der Waals surface area contributed by atoms with Gasteiger partial charge in [0.1, 0.15) is 5.01 Å². The van der Waals surface area contributed by atoms with Crippen LogP contribution in [0.25, 0.3) is 11.0 Å². The first-order valence-electron chi connectivity index (χ1n) is 5.32. The minimum atomic E-state index is 0.737. The van der Waals surface area contributed by atoms with Crippen molar-refractivity contribution in [2.24, 2.45) is 0 Å². The zero-order valence-electron chi connectivity index (χ0n) is 9.30. The van der Waals surface area contributed by atoms with Gasteiger partial charge in [-0.2, -0.15) is 0 Å². The number of para-hydroxylation sites is 1. The third-order valence-electron chi connectivity index (χ3n) is 2.77. The van der Waals surface area contributed by atoms with Crippen molar-refractivity contribution in [3.05, 3.63) is 45.1 Å². The molecule has 86 valence electrons. The Bertz CT molecular complexity index is 707. The highest BCUT2D eigenvalue weighted by molar-refractivity contribution is 7.71. The van der Waals surface area contributed by atoms with Crippen LogP contribution in [0.1, 0.15) is 10.6 Å². The summed E-state index contributed by atoms with van der Waals surface area (Å²) >= 11 is 7.02. The summed E-state index contributed by atoms with van der Waals surface area (Å²) in [7, 11) is 0. The molecule has 0 bridgehead atoms. The second kappa shape index (κ2) is 4.09. The van der Waals surface area contributed by atoms with Gasteiger partial charge < -0.3 is 9.55 Å². The molecule has 0 aliphatic rings. The minimum absolute atomic E-state index is 0.737. The summed E-state index contributed by atoms with van der Waals surface area (Å²) < 4.78 is 2.86. The van der Waals surface area contributed by atoms with E-state index >= 15 is 0 Å². The Kier molecular flexibility index (Phi) is 2.57. The monoisotopic (exact) mass is 261 g/mol. The molecule has 0 atom stereocenters. The summed E-state index contributed by atoms with van der Waals surface area (Å²) in [5.41, 5.74) is 3.49. The number of aryl methyl sites for hydroxylation is 1. The molecule has 5 heteroatoms. The SMILES string of the molecule is Cc1cccc2[nH]c(=S)n(Cc3nccs3)c12. The predicted octanol–water partition coefficient (Wildman–Crippen LogP) is 3.51. The van der Waals surface area contributed by atoms with E-state index in [4.69, 9.17) is 12.2 Å². The highest BCUT2D eigenvalue weighted by Gasteiger charge is 2.08. The number of nitrogens with zero attached hydrogens (tertiary/aromatic N) is 2. The average molecular weight is 261 g/mol. The van der Waals surface area contributed by atoms with Crippen LogP contribution in [0.5, 0.6) is 0 Å². The van der Waals surface area contributed by atoms with Crippen molar-refractivity contribution < 1.29 is 0 Å². The molecule has 0 fully saturated rings. The number of fused-ring (bicyclic) bond motifs is 1. The molecule has 3 nitrogen and oxygen atoms in total. The molecular formula is C12H11N3S2. The van der Waals surface area contributed by atoms with Gasteiger partial charge in [0.05, 0.1) is 17.6 Å². The van der Waals surface area contributed by atoms with Crippen LogP contribution in [0.2, 0.25) is 0 Å². The molecule has 0 unspecified atom stereocenters. The van der Waals surface area contributed by atoms with E-state index in [1.54, 1.807) is 11.3 Å². The Morgan fingerprint density at radius 1 is 1.47 bits per heavy atom. The van der Waals surface area contributed by atoms with Crippen molar-refractivity contribution >= 4 is 34.6 Å². The summed E-state index contributed by atoms with van der Waals surface area (Å²) in [5, 5.41) is 3.06. The zero-order valence-corrected chi connectivity index (χ0v) is 10.9. The lowest BCUT2D eigenvalue weighted by Gasteiger charge is -2.03. The molecule has 0 spiro atoms. The van der Waals surface area contributed by atoms with Crippen LogP contribution >= 0.6 is 23.6 Å². The maximum Gasteiger partial charge on any atom is 0.178 e. The number of aromatic amines is 1. The Balaban J connectivity index is 2.21. The molecule has 0 saturated heterocycles. The fraction of sp³-hybridized carbons (Fsp3) is 0.167. The molecule has 1 aromatic carbocycles. The minimum Gasteiger partial charge on any atom is -0.331 e. The highest BCUT2D eigenvalue weighted by Crippen LogP contribution is 2.20. The first kappa shape index (κ1) is 10.7. The first-order chi connectivity index (χ1) is 8.25. The van der Waals surface area contributed by atoms with Crippen LogP contribution in [0, 0.1) is 11.7 Å². The largest absolute Gasteiger partial charge is 0.331 e. The molecule has 0 aliphatic heterocycles. The first-order valence-corrected chi connectivity index (χ1v) is 6.61. The van der Waals surface area contributed by atoms with Gasteiger partial charge in [-0.15, -0.1) is 11.3 Å². The number of rotatable bonds is 2. The number of hydrogen-bond acceptors (Lipinski definition) is 3. The van der Waals surface area contributed by atoms with Gasteiger partial charge in [-0.3, -0.25) is 0 Å². The molecule has 0 amide bonds. The number of aromatic nitrogens is 3. The standard InChI is InChI=1S/C12H11N3S2/c1-8-3-2-4-9-11(8)15(12(16)14-9)7-10-13-5-6-17-10/h2-6H,7H2,1H3,(H,14,16). The third kappa shape index (κ3) is 1.81. The van der Waals surface area contributed by atoms with Crippen molar-refractivity contribution in [1.82, 2.24) is 14.5 Å². The van der Waals surface area contributed by atoms with E-state index in [1.807, 2.05) is 17.6 Å². The van der Waals surface area contributed by atoms with Gasteiger partial charge in [-0.1, -0.05) is 12.1 Å². The lowest BCUT2D eigenvalue weighted by molar-refractivity contribution is 0.801. The van der Waals surface area contributed by atoms with Crippen LogP contribution < -0.4 is 0 Å². The summed E-state index contributed by atoms with van der Waals surface area (Å²) in [5.74, 6) is 0. The second-order valence-electron chi connectivity index (χ2n) is 3.91. The van der Waals surface area contributed by atoms with E-state index in [-0.39, 0.29) is 0 Å². The Morgan fingerprint density at radius 2 is 2.35 bits per heavy atom. The molecule has 0 aliphatic carbocycles. The van der Waals surface area contributed by atoms with Crippen molar-refractivity contribution in [2.45, 2.75) is 13.5 Å². The lowest BCUT2D eigenvalue weighted by Crippen LogP contribution is -2.00. The number of benzene rings is 1. The maximum absolute atomic E-state index is 5.37. The van der Waals surface area contributed by atoms with Crippen molar-refractivity contribution in [1.29, 1.82) is 0 Å². The molecule has 2 aromatic heterocycles. The quantitative estimate of drug-likeness (QED) is 0.716. The van der Waals surface area contributed by atoms with Crippen molar-refractivity contribution in [3.63, 3.8) is 0 Å². The third-order valence-corrected chi connectivity index (χ3v) is 3.86. The van der Waals surface area contributed by atoms with Gasteiger partial charge in [-0.05, 0) is 30.8 Å². The van der Waals surface area contributed by atoms with Crippen LogP contribution in [-0.4, -0.2) is 14.5 Å². The molecule has 0 radical (unpaired) electrons. The number of thiazole rings is 1. The molecule has 1 N–H and O–H groups in total. The van der Waals surface area contributed by atoms with Gasteiger partial charge in [0.2, 0.25) is 0 Å². The Morgan fingerprint density at radius 3 is 3.12 bits per heavy atom. The molecule has 2 heterocycles. The maximum atomic E-state index is 5.37. The van der Waals surface area contributed by atoms with Crippen molar-refractivity contribution in [3.8, 4) is 0 Å². The molecule has 0 saturated carbocycles. The fourth-order valence-electron chi connectivity index (χ4n) is 2.02. The van der Waals surface area contributed by atoms with Gasteiger partial charge in [0.25, 0.3) is 0 Å². The van der Waals surface area contributed by atoms with E-state index < -0.39 is 0 Å². The van der Waals surface area contributed by atoms with E-state index in [1.165, 1.54) is 11.1 Å². The topological polar surface area (TPSA) is 33.6 Å². The van der Waals surface area contributed by atoms with Gasteiger partial charge in [0, 0.05) is 11.6 Å². The van der Waals surface area contributed by atoms with E-state index in [9.17, 15) is 0 Å². The van der Waals surface area contributed by atoms with Crippen LogP contribution in [-0.2, 0) is 6.54 Å². The van der Waals surface area contributed by atoms with Crippen LogP contribution in [0.4, 0.5) is 0 Å². The predicted molar refractivity (Wildman–Crippen MR) is 73.1 cm³/mol. The lowest BCUT2D eigenvalue weighted by atomic mass is 10.2. The van der Waals surface area contributed by atoms with Crippen LogP contribution in [0.3, 0.4) is 0 Å². The normalized spacial score (nSPS) is 11.1. The average Bonchev–Trinajstić information content (AvgIpc) is 2.89. The molecule has 3 aromatic rings. The van der Waals surface area contributed by atoms with E-state index in [2.05, 4.69) is 33.6 Å². The molecule has 3 rings (SSSR count). The number of H-pyrrole nitrogens is 1. The summed E-state index contributed by atoms with van der Waals surface area (Å²) in [4.78, 5) is 7.54. The number of imidazole rings is 1. The molecular weight excluding hydrogens is 250 g/mol.